The molecule has 24 heavy (non-hydrogen) atoms. The third-order valence-corrected chi connectivity index (χ3v) is 4.36. The van der Waals surface area contributed by atoms with Gasteiger partial charge in [0.1, 0.15) is 0 Å². The zero-order valence-corrected chi connectivity index (χ0v) is 14.9. The Labute approximate surface area is 153 Å². The number of hydrogen-bond donors (Lipinski definition) is 2. The number of nitrogens with one attached hydrogen (secondary N) is 2. The molecule has 136 valence electrons. The van der Waals surface area contributed by atoms with E-state index in [0.29, 0.717) is 6.54 Å². The largest absolute Gasteiger partial charge is 0.353 e. The minimum atomic E-state index is -2.77. The number of halogens is 4. The number of rotatable bonds is 4. The maximum absolute atomic E-state index is 13.1. The number of alkyl halides is 2. The van der Waals surface area contributed by atoms with Crippen LogP contribution in [0.5, 0.6) is 0 Å². The lowest BCUT2D eigenvalue weighted by atomic mass is 10.00. The van der Waals surface area contributed by atoms with Gasteiger partial charge < -0.3 is 5.32 Å². The molecule has 1 unspecified atom stereocenters. The minimum absolute atomic E-state index is 0. The fourth-order valence-corrected chi connectivity index (χ4v) is 3.11. The first-order chi connectivity index (χ1) is 10.5. The molecule has 1 amide bonds. The average molecular weight is 382 g/mol. The Hall–Kier alpha value is -0.950. The number of nitrogens with zero attached hydrogens (tertiary/aromatic N) is 1. The van der Waals surface area contributed by atoms with Gasteiger partial charge in [-0.15, -0.1) is 24.8 Å². The number of fused-ring (bicyclic) bond motifs is 1. The lowest BCUT2D eigenvalue weighted by molar-refractivity contribution is -0.123. The predicted octanol–water partition coefficient (Wildman–Crippen LogP) is 2.00. The van der Waals surface area contributed by atoms with Crippen LogP contribution in [0.4, 0.5) is 8.78 Å². The Kier molecular flexibility index (Phi) is 7.86. The second kappa shape index (κ2) is 8.94. The van der Waals surface area contributed by atoms with E-state index in [1.165, 1.54) is 11.1 Å². The van der Waals surface area contributed by atoms with Crippen LogP contribution in [0.1, 0.15) is 17.5 Å². The van der Waals surface area contributed by atoms with Crippen LogP contribution in [0.25, 0.3) is 0 Å². The van der Waals surface area contributed by atoms with Crippen LogP contribution in [-0.4, -0.2) is 49.0 Å². The summed E-state index contributed by atoms with van der Waals surface area (Å²) in [6, 6.07) is 7.61. The Morgan fingerprint density at radius 1 is 1.29 bits per heavy atom. The third kappa shape index (κ3) is 5.28. The quantitative estimate of drug-likeness (QED) is 0.838. The molecular weight excluding hydrogens is 359 g/mol. The molecule has 1 saturated heterocycles. The van der Waals surface area contributed by atoms with Crippen molar-refractivity contribution in [3.8, 4) is 0 Å². The van der Waals surface area contributed by atoms with Crippen LogP contribution in [-0.2, 0) is 17.8 Å². The summed E-state index contributed by atoms with van der Waals surface area (Å²) in [6.07, 6.45) is 0.608. The van der Waals surface area contributed by atoms with Gasteiger partial charge in [-0.25, -0.2) is 8.78 Å². The lowest BCUT2D eigenvalue weighted by Gasteiger charge is -2.28. The van der Waals surface area contributed by atoms with Gasteiger partial charge in [0.15, 0.2) is 0 Å². The second-order valence-corrected chi connectivity index (χ2v) is 6.08. The molecule has 0 spiro atoms. The first-order valence-corrected chi connectivity index (χ1v) is 7.72. The topological polar surface area (TPSA) is 44.4 Å². The van der Waals surface area contributed by atoms with Gasteiger partial charge in [0, 0.05) is 32.6 Å². The first-order valence-electron chi connectivity index (χ1n) is 7.72. The molecule has 0 saturated carbocycles. The zero-order chi connectivity index (χ0) is 15.6. The highest BCUT2D eigenvalue weighted by Crippen LogP contribution is 2.25. The molecule has 0 aromatic heterocycles. The van der Waals surface area contributed by atoms with Gasteiger partial charge in [-0.05, 0) is 17.5 Å². The van der Waals surface area contributed by atoms with Crippen LogP contribution in [0.3, 0.4) is 0 Å². The number of benzene rings is 1. The summed E-state index contributed by atoms with van der Waals surface area (Å²) in [5.41, 5.74) is 2.72. The fraction of sp³-hybridized carbons (Fsp3) is 0.562. The van der Waals surface area contributed by atoms with Crippen molar-refractivity contribution in [3.05, 3.63) is 35.4 Å². The Morgan fingerprint density at radius 2 is 2.00 bits per heavy atom. The van der Waals surface area contributed by atoms with Crippen molar-refractivity contribution in [2.24, 2.45) is 0 Å². The monoisotopic (exact) mass is 381 g/mol. The highest BCUT2D eigenvalue weighted by molar-refractivity contribution is 5.85. The van der Waals surface area contributed by atoms with Gasteiger partial charge >= 0.3 is 0 Å². The van der Waals surface area contributed by atoms with Gasteiger partial charge in [0.25, 0.3) is 5.92 Å². The summed E-state index contributed by atoms with van der Waals surface area (Å²) in [4.78, 5) is 14.1. The molecule has 3 rings (SSSR count). The van der Waals surface area contributed by atoms with Crippen molar-refractivity contribution in [2.75, 3.05) is 26.2 Å². The van der Waals surface area contributed by atoms with E-state index in [9.17, 15) is 13.6 Å². The average Bonchev–Trinajstić information content (AvgIpc) is 2.87. The van der Waals surface area contributed by atoms with E-state index in [1.807, 2.05) is 6.07 Å². The minimum Gasteiger partial charge on any atom is -0.353 e. The first kappa shape index (κ1) is 21.1. The summed E-state index contributed by atoms with van der Waals surface area (Å²) in [7, 11) is 0. The standard InChI is InChI=1S/C16H21F2N3O.2ClH/c17-16(18)9-14(20-11-16)15(22)19-6-8-21-7-5-12-3-1-2-4-13(12)10-21;;/h1-4,14,20H,5-11H2,(H,19,22);2*1H. The molecule has 0 aliphatic carbocycles. The molecule has 2 aliphatic rings. The smallest absolute Gasteiger partial charge is 0.262 e. The van der Waals surface area contributed by atoms with E-state index in [0.717, 1.165) is 26.1 Å². The summed E-state index contributed by atoms with van der Waals surface area (Å²) < 4.78 is 26.1. The molecule has 2 heterocycles. The van der Waals surface area contributed by atoms with Crippen LogP contribution in [0.2, 0.25) is 0 Å². The molecule has 1 fully saturated rings. The lowest BCUT2D eigenvalue weighted by Crippen LogP contribution is -2.44. The Morgan fingerprint density at radius 3 is 2.67 bits per heavy atom. The SMILES string of the molecule is Cl.Cl.O=C(NCCN1CCc2ccccc2C1)C1CC(F)(F)CN1. The summed E-state index contributed by atoms with van der Waals surface area (Å²) in [5.74, 6) is -3.09. The van der Waals surface area contributed by atoms with Gasteiger partial charge in [0.05, 0.1) is 12.6 Å². The molecule has 8 heteroatoms. The van der Waals surface area contributed by atoms with Crippen LogP contribution < -0.4 is 10.6 Å². The van der Waals surface area contributed by atoms with E-state index >= 15 is 0 Å². The van der Waals surface area contributed by atoms with Gasteiger partial charge in [0.2, 0.25) is 5.91 Å². The van der Waals surface area contributed by atoms with Crippen molar-refractivity contribution < 1.29 is 13.6 Å². The molecule has 2 aliphatic heterocycles. The predicted molar refractivity (Wildman–Crippen MR) is 94.3 cm³/mol. The van der Waals surface area contributed by atoms with Gasteiger partial charge in [-0.2, -0.15) is 0 Å². The molecule has 0 radical (unpaired) electrons. The maximum atomic E-state index is 13.1. The molecule has 4 nitrogen and oxygen atoms in total. The molecule has 1 atom stereocenters. The van der Waals surface area contributed by atoms with Crippen molar-refractivity contribution in [3.63, 3.8) is 0 Å². The van der Waals surface area contributed by atoms with E-state index in [-0.39, 0.29) is 30.7 Å². The Balaban J connectivity index is 0.00000144. The van der Waals surface area contributed by atoms with Crippen molar-refractivity contribution >= 4 is 30.7 Å². The highest BCUT2D eigenvalue weighted by Gasteiger charge is 2.42. The third-order valence-electron chi connectivity index (χ3n) is 4.36. The van der Waals surface area contributed by atoms with Crippen LogP contribution >= 0.6 is 24.8 Å². The van der Waals surface area contributed by atoms with Crippen molar-refractivity contribution in [1.82, 2.24) is 15.5 Å². The summed E-state index contributed by atoms with van der Waals surface area (Å²) in [5, 5.41) is 5.33. The van der Waals surface area contributed by atoms with Gasteiger partial charge in [-0.3, -0.25) is 15.0 Å². The molecule has 0 bridgehead atoms. The molecular formula is C16H23Cl2F2N3O. The molecule has 1 aromatic carbocycles. The highest BCUT2D eigenvalue weighted by atomic mass is 35.5. The summed E-state index contributed by atoms with van der Waals surface area (Å²) in [6.45, 7) is 2.67. The number of hydrogen-bond acceptors (Lipinski definition) is 3. The molecule has 1 aromatic rings. The van der Waals surface area contributed by atoms with E-state index in [1.54, 1.807) is 0 Å². The summed E-state index contributed by atoms with van der Waals surface area (Å²) >= 11 is 0. The fourth-order valence-electron chi connectivity index (χ4n) is 3.11. The van der Waals surface area contributed by atoms with E-state index in [4.69, 9.17) is 0 Å². The number of carbonyl (C=O) groups excluding carboxylic acids is 1. The second-order valence-electron chi connectivity index (χ2n) is 6.08. The van der Waals surface area contributed by atoms with E-state index < -0.39 is 24.9 Å². The molecule has 2 N–H and O–H groups in total. The van der Waals surface area contributed by atoms with Crippen LogP contribution in [0, 0.1) is 0 Å². The zero-order valence-electron chi connectivity index (χ0n) is 13.3. The normalized spacial score (nSPS) is 22.0. The van der Waals surface area contributed by atoms with Gasteiger partial charge in [-0.1, -0.05) is 24.3 Å². The Bertz CT molecular complexity index is 560. The van der Waals surface area contributed by atoms with E-state index in [2.05, 4.69) is 33.7 Å². The van der Waals surface area contributed by atoms with Crippen LogP contribution in [0.15, 0.2) is 24.3 Å². The number of amides is 1. The number of carbonyl (C=O) groups is 1. The van der Waals surface area contributed by atoms with Crippen molar-refractivity contribution in [2.45, 2.75) is 31.4 Å². The maximum Gasteiger partial charge on any atom is 0.262 e. The van der Waals surface area contributed by atoms with Crippen molar-refractivity contribution in [1.29, 1.82) is 0 Å².